The summed E-state index contributed by atoms with van der Waals surface area (Å²) < 4.78 is 0. The molecule has 0 aliphatic heterocycles. The standard InChI is InChI=1S/C13H13N7S/c1-6-3-7(2)20-12(8(6)10(14)15)21-13-9-11(17-4-16-9)18-5-19-13/h3-5H,1-2H3,(H3,14,15)(H,16,17,18,19). The van der Waals surface area contributed by atoms with Gasteiger partial charge in [0.25, 0.3) is 0 Å². The van der Waals surface area contributed by atoms with Crippen molar-refractivity contribution in [3.8, 4) is 0 Å². The Hall–Kier alpha value is -2.48. The van der Waals surface area contributed by atoms with Gasteiger partial charge >= 0.3 is 0 Å². The van der Waals surface area contributed by atoms with E-state index in [-0.39, 0.29) is 5.84 Å². The van der Waals surface area contributed by atoms with E-state index in [1.165, 1.54) is 18.1 Å². The van der Waals surface area contributed by atoms with Gasteiger partial charge in [0.05, 0.1) is 11.9 Å². The maximum absolute atomic E-state index is 7.76. The second-order valence-corrected chi connectivity index (χ2v) is 5.53. The van der Waals surface area contributed by atoms with E-state index in [2.05, 4.69) is 24.9 Å². The number of imidazole rings is 1. The average Bonchev–Trinajstić information content (AvgIpc) is 2.86. The van der Waals surface area contributed by atoms with Crippen LogP contribution in [-0.2, 0) is 0 Å². The Balaban J connectivity index is 2.13. The number of aromatic nitrogens is 5. The maximum atomic E-state index is 7.76. The van der Waals surface area contributed by atoms with E-state index in [1.54, 1.807) is 6.33 Å². The Morgan fingerprint density at radius 1 is 1.24 bits per heavy atom. The van der Waals surface area contributed by atoms with Crippen molar-refractivity contribution < 1.29 is 0 Å². The Labute approximate surface area is 125 Å². The Kier molecular flexibility index (Phi) is 3.30. The molecule has 3 rings (SSSR count). The zero-order valence-electron chi connectivity index (χ0n) is 11.5. The van der Waals surface area contributed by atoms with Crippen molar-refractivity contribution in [3.05, 3.63) is 35.5 Å². The van der Waals surface area contributed by atoms with Crippen LogP contribution in [0, 0.1) is 19.3 Å². The van der Waals surface area contributed by atoms with Crippen molar-refractivity contribution >= 4 is 28.8 Å². The molecular weight excluding hydrogens is 286 g/mol. The summed E-state index contributed by atoms with van der Waals surface area (Å²) in [5.41, 5.74) is 9.47. The van der Waals surface area contributed by atoms with E-state index < -0.39 is 0 Å². The Bertz CT molecular complexity index is 840. The first-order valence-electron chi connectivity index (χ1n) is 6.21. The number of H-pyrrole nitrogens is 1. The van der Waals surface area contributed by atoms with Crippen molar-refractivity contribution in [1.82, 2.24) is 24.9 Å². The third-order valence-electron chi connectivity index (χ3n) is 2.96. The van der Waals surface area contributed by atoms with Gasteiger partial charge in [-0.25, -0.2) is 19.9 Å². The minimum atomic E-state index is -0.00240. The molecule has 3 heterocycles. The molecule has 0 amide bonds. The van der Waals surface area contributed by atoms with Crippen LogP contribution in [-0.4, -0.2) is 30.8 Å². The first-order valence-corrected chi connectivity index (χ1v) is 7.02. The smallest absolute Gasteiger partial charge is 0.181 e. The minimum absolute atomic E-state index is 0.00240. The van der Waals surface area contributed by atoms with Gasteiger partial charge in [-0.2, -0.15) is 0 Å². The topological polar surface area (TPSA) is 117 Å². The van der Waals surface area contributed by atoms with Crippen LogP contribution in [0.1, 0.15) is 16.8 Å². The molecule has 0 saturated heterocycles. The number of aryl methyl sites for hydroxylation is 2. The number of hydrogen-bond donors (Lipinski definition) is 3. The van der Waals surface area contributed by atoms with Crippen LogP contribution in [0.5, 0.6) is 0 Å². The van der Waals surface area contributed by atoms with Crippen LogP contribution >= 0.6 is 11.8 Å². The maximum Gasteiger partial charge on any atom is 0.181 e. The molecule has 4 N–H and O–H groups in total. The third kappa shape index (κ3) is 2.45. The lowest BCUT2D eigenvalue weighted by atomic mass is 10.1. The molecule has 0 atom stereocenters. The van der Waals surface area contributed by atoms with Gasteiger partial charge in [0.15, 0.2) is 5.65 Å². The number of amidine groups is 1. The monoisotopic (exact) mass is 299 g/mol. The number of fused-ring (bicyclic) bond motifs is 1. The second-order valence-electron chi connectivity index (χ2n) is 4.56. The van der Waals surface area contributed by atoms with Crippen LogP contribution in [0.25, 0.3) is 11.2 Å². The highest BCUT2D eigenvalue weighted by Crippen LogP contribution is 2.32. The quantitative estimate of drug-likeness (QED) is 0.385. The van der Waals surface area contributed by atoms with E-state index in [1.807, 2.05) is 19.9 Å². The molecular formula is C13H13N7S. The highest BCUT2D eigenvalue weighted by Gasteiger charge is 2.16. The molecule has 0 aliphatic carbocycles. The summed E-state index contributed by atoms with van der Waals surface area (Å²) in [5, 5.41) is 9.13. The van der Waals surface area contributed by atoms with Gasteiger partial charge in [-0.3, -0.25) is 5.41 Å². The summed E-state index contributed by atoms with van der Waals surface area (Å²) in [7, 11) is 0. The van der Waals surface area contributed by atoms with Crippen molar-refractivity contribution in [3.63, 3.8) is 0 Å². The van der Waals surface area contributed by atoms with Crippen LogP contribution in [0.2, 0.25) is 0 Å². The lowest BCUT2D eigenvalue weighted by Crippen LogP contribution is -2.15. The van der Waals surface area contributed by atoms with Gasteiger partial charge in [0.1, 0.15) is 27.7 Å². The van der Waals surface area contributed by atoms with E-state index >= 15 is 0 Å². The fraction of sp³-hybridized carbons (Fsp3) is 0.154. The highest BCUT2D eigenvalue weighted by atomic mass is 32.2. The first-order chi connectivity index (χ1) is 10.1. The molecule has 0 fully saturated rings. The summed E-state index contributed by atoms with van der Waals surface area (Å²) in [5.74, 6) is -0.00240. The van der Waals surface area contributed by atoms with Gasteiger partial charge in [-0.15, -0.1) is 0 Å². The summed E-state index contributed by atoms with van der Waals surface area (Å²) >= 11 is 1.35. The summed E-state index contributed by atoms with van der Waals surface area (Å²) in [6.45, 7) is 3.83. The second kappa shape index (κ2) is 5.13. The van der Waals surface area contributed by atoms with Gasteiger partial charge in [-0.1, -0.05) is 0 Å². The normalized spacial score (nSPS) is 11.0. The fourth-order valence-corrected chi connectivity index (χ4v) is 3.21. The average molecular weight is 299 g/mol. The predicted octanol–water partition coefficient (Wildman–Crippen LogP) is 1.80. The molecule has 0 spiro atoms. The number of hydrogen-bond acceptors (Lipinski definition) is 6. The Morgan fingerprint density at radius 2 is 2.05 bits per heavy atom. The summed E-state index contributed by atoms with van der Waals surface area (Å²) in [6, 6.07) is 1.91. The number of nitrogen functional groups attached to an aromatic ring is 1. The van der Waals surface area contributed by atoms with Crippen molar-refractivity contribution in [2.24, 2.45) is 5.73 Å². The van der Waals surface area contributed by atoms with Crippen molar-refractivity contribution in [2.45, 2.75) is 23.9 Å². The van der Waals surface area contributed by atoms with Gasteiger partial charge in [-0.05, 0) is 37.2 Å². The zero-order valence-corrected chi connectivity index (χ0v) is 12.3. The minimum Gasteiger partial charge on any atom is -0.384 e. The number of nitrogens with one attached hydrogen (secondary N) is 2. The molecule has 7 nitrogen and oxygen atoms in total. The fourth-order valence-electron chi connectivity index (χ4n) is 2.12. The SMILES string of the molecule is Cc1cc(C)c(C(=N)N)c(Sc2ncnc3nc[nH]c23)n1. The molecule has 0 radical (unpaired) electrons. The number of nitrogens with zero attached hydrogens (tertiary/aromatic N) is 4. The summed E-state index contributed by atoms with van der Waals surface area (Å²) in [4.78, 5) is 20.0. The van der Waals surface area contributed by atoms with E-state index in [0.717, 1.165) is 16.8 Å². The van der Waals surface area contributed by atoms with Crippen molar-refractivity contribution in [1.29, 1.82) is 5.41 Å². The first kappa shape index (κ1) is 13.5. The molecule has 21 heavy (non-hydrogen) atoms. The van der Waals surface area contributed by atoms with Gasteiger partial charge in [0, 0.05) is 5.69 Å². The van der Waals surface area contributed by atoms with E-state index in [9.17, 15) is 0 Å². The van der Waals surface area contributed by atoms with Crippen LogP contribution in [0.3, 0.4) is 0 Å². The summed E-state index contributed by atoms with van der Waals surface area (Å²) in [6.07, 6.45) is 3.03. The highest BCUT2D eigenvalue weighted by molar-refractivity contribution is 7.99. The zero-order chi connectivity index (χ0) is 15.0. The lowest BCUT2D eigenvalue weighted by Gasteiger charge is -2.11. The number of pyridine rings is 1. The van der Waals surface area contributed by atoms with E-state index in [0.29, 0.717) is 21.3 Å². The molecule has 3 aromatic rings. The molecule has 3 aromatic heterocycles. The number of rotatable bonds is 3. The molecule has 8 heteroatoms. The van der Waals surface area contributed by atoms with Crippen LogP contribution in [0.15, 0.2) is 28.8 Å². The molecule has 0 bridgehead atoms. The molecule has 106 valence electrons. The lowest BCUT2D eigenvalue weighted by molar-refractivity contribution is 1.02. The third-order valence-corrected chi connectivity index (χ3v) is 3.95. The number of aromatic amines is 1. The van der Waals surface area contributed by atoms with Crippen LogP contribution < -0.4 is 5.73 Å². The molecule has 0 saturated carbocycles. The van der Waals surface area contributed by atoms with Gasteiger partial charge < -0.3 is 10.7 Å². The molecule has 0 aliphatic rings. The van der Waals surface area contributed by atoms with Gasteiger partial charge in [0.2, 0.25) is 0 Å². The predicted molar refractivity (Wildman–Crippen MR) is 80.5 cm³/mol. The molecule has 0 unspecified atom stereocenters. The van der Waals surface area contributed by atoms with Crippen LogP contribution in [0.4, 0.5) is 0 Å². The Morgan fingerprint density at radius 3 is 2.81 bits per heavy atom. The largest absolute Gasteiger partial charge is 0.384 e. The molecule has 0 aromatic carbocycles. The van der Waals surface area contributed by atoms with Crippen molar-refractivity contribution in [2.75, 3.05) is 0 Å². The van der Waals surface area contributed by atoms with E-state index in [4.69, 9.17) is 11.1 Å². The number of nitrogens with two attached hydrogens (primary N) is 1.